The average Bonchev–Trinajstić information content (AvgIpc) is 2.47. The van der Waals surface area contributed by atoms with Crippen molar-refractivity contribution in [2.24, 2.45) is 0 Å². The smallest absolute Gasteiger partial charge is 0.287 e. The summed E-state index contributed by atoms with van der Waals surface area (Å²) in [6.07, 6.45) is 1.71. The van der Waals surface area contributed by atoms with Gasteiger partial charge in [-0.1, -0.05) is 6.08 Å². The van der Waals surface area contributed by atoms with Gasteiger partial charge in [0.1, 0.15) is 0 Å². The van der Waals surface area contributed by atoms with E-state index in [9.17, 15) is 14.7 Å². The van der Waals surface area contributed by atoms with Gasteiger partial charge in [-0.2, -0.15) is 0 Å². The van der Waals surface area contributed by atoms with Gasteiger partial charge >= 0.3 is 7.82 Å². The topological polar surface area (TPSA) is 87.9 Å². The molecule has 1 rings (SSSR count). The number of phosphoric ester groups is 1. The minimum Gasteiger partial charge on any atom is -0.287 e. The highest BCUT2D eigenvalue weighted by Crippen LogP contribution is 2.49. The Labute approximate surface area is 129 Å². The van der Waals surface area contributed by atoms with Gasteiger partial charge in [0.2, 0.25) is 0 Å². The number of rotatable bonds is 9. The molecule has 1 aromatic rings. The van der Waals surface area contributed by atoms with Gasteiger partial charge in [-0.05, 0) is 44.0 Å². The number of allylic oxidation sites excluding steroid dienone is 1. The lowest BCUT2D eigenvalue weighted by atomic mass is 10.1. The van der Waals surface area contributed by atoms with Crippen LogP contribution in [0.25, 0.3) is 5.57 Å². The number of hydrogen-bond donors (Lipinski definition) is 0. The van der Waals surface area contributed by atoms with E-state index < -0.39 is 12.7 Å². The van der Waals surface area contributed by atoms with Crippen LogP contribution in [0.5, 0.6) is 0 Å². The standard InChI is InChI=1S/C14H20NO6P/c1-4-19-22(18,20-5-2)21-11-10-12(3)13-6-8-14(9-7-13)15(16)17/h6-10H,4-5,11H2,1-3H3/b12-10+. The molecule has 122 valence electrons. The number of nitro groups is 1. The summed E-state index contributed by atoms with van der Waals surface area (Å²) >= 11 is 0. The molecule has 0 aliphatic rings. The summed E-state index contributed by atoms with van der Waals surface area (Å²) in [6, 6.07) is 6.15. The van der Waals surface area contributed by atoms with E-state index >= 15 is 0 Å². The average molecular weight is 329 g/mol. The molecule has 0 aliphatic carbocycles. The van der Waals surface area contributed by atoms with Crippen molar-refractivity contribution >= 4 is 19.1 Å². The number of nitro benzene ring substituents is 1. The first-order valence-electron chi connectivity index (χ1n) is 6.87. The lowest BCUT2D eigenvalue weighted by molar-refractivity contribution is -0.384. The third-order valence-corrected chi connectivity index (χ3v) is 4.34. The summed E-state index contributed by atoms with van der Waals surface area (Å²) in [5, 5.41) is 10.6. The third-order valence-electron chi connectivity index (χ3n) is 2.73. The highest BCUT2D eigenvalue weighted by Gasteiger charge is 2.24. The van der Waals surface area contributed by atoms with Crippen molar-refractivity contribution in [3.05, 3.63) is 46.0 Å². The van der Waals surface area contributed by atoms with E-state index in [1.165, 1.54) is 12.1 Å². The zero-order chi connectivity index (χ0) is 16.6. The Morgan fingerprint density at radius 2 is 1.73 bits per heavy atom. The fourth-order valence-electron chi connectivity index (χ4n) is 1.65. The van der Waals surface area contributed by atoms with Crippen LogP contribution in [0.2, 0.25) is 0 Å². The fourth-order valence-corrected chi connectivity index (χ4v) is 2.76. The van der Waals surface area contributed by atoms with E-state index in [-0.39, 0.29) is 25.5 Å². The minimum atomic E-state index is -3.52. The third kappa shape index (κ3) is 5.69. The molecule has 0 bridgehead atoms. The molecule has 0 radical (unpaired) electrons. The van der Waals surface area contributed by atoms with Crippen molar-refractivity contribution in [1.82, 2.24) is 0 Å². The quantitative estimate of drug-likeness (QED) is 0.383. The summed E-state index contributed by atoms with van der Waals surface area (Å²) in [5.41, 5.74) is 1.69. The molecule has 0 atom stereocenters. The van der Waals surface area contributed by atoms with Gasteiger partial charge in [0.25, 0.3) is 5.69 Å². The molecule has 0 aliphatic heterocycles. The van der Waals surface area contributed by atoms with Gasteiger partial charge in [0, 0.05) is 12.1 Å². The summed E-state index contributed by atoms with van der Waals surface area (Å²) in [4.78, 5) is 10.1. The normalized spacial score (nSPS) is 12.4. The molecule has 8 heteroatoms. The summed E-state index contributed by atoms with van der Waals surface area (Å²) in [6.45, 7) is 5.74. The SMILES string of the molecule is CCOP(=O)(OCC)OC/C=C(\C)c1ccc([N+](=O)[O-])cc1. The molecule has 7 nitrogen and oxygen atoms in total. The van der Waals surface area contributed by atoms with Gasteiger partial charge in [0.15, 0.2) is 0 Å². The van der Waals surface area contributed by atoms with E-state index in [4.69, 9.17) is 13.6 Å². The van der Waals surface area contributed by atoms with Gasteiger partial charge < -0.3 is 0 Å². The maximum atomic E-state index is 12.1. The molecule has 1 aromatic carbocycles. The largest absolute Gasteiger partial charge is 0.475 e. The van der Waals surface area contributed by atoms with Crippen LogP contribution in [0.15, 0.2) is 30.3 Å². The summed E-state index contributed by atoms with van der Waals surface area (Å²) in [7, 11) is -3.52. The lowest BCUT2D eigenvalue weighted by Gasteiger charge is -2.15. The Hall–Kier alpha value is -1.53. The predicted octanol–water partition coefficient (Wildman–Crippen LogP) is 4.20. The molecule has 0 aromatic heterocycles. The zero-order valence-electron chi connectivity index (χ0n) is 12.9. The Kier molecular flexibility index (Phi) is 7.41. The molecule has 0 unspecified atom stereocenters. The summed E-state index contributed by atoms with van der Waals surface area (Å²) < 4.78 is 27.3. The minimum absolute atomic E-state index is 0.0324. The molecule has 0 heterocycles. The van der Waals surface area contributed by atoms with Crippen LogP contribution in [0.3, 0.4) is 0 Å². The van der Waals surface area contributed by atoms with Crippen molar-refractivity contribution in [3.8, 4) is 0 Å². The molecule has 0 spiro atoms. The molecule has 0 saturated heterocycles. The van der Waals surface area contributed by atoms with Gasteiger partial charge in [0.05, 0.1) is 24.7 Å². The molecular weight excluding hydrogens is 309 g/mol. The van der Waals surface area contributed by atoms with E-state index in [0.29, 0.717) is 0 Å². The molecule has 0 fully saturated rings. The van der Waals surface area contributed by atoms with Crippen LogP contribution in [0.1, 0.15) is 26.3 Å². The number of non-ortho nitro benzene ring substituents is 1. The van der Waals surface area contributed by atoms with Crippen LogP contribution in [0, 0.1) is 10.1 Å². The first-order valence-corrected chi connectivity index (χ1v) is 8.33. The first kappa shape index (κ1) is 18.5. The number of phosphoric acid groups is 1. The fraction of sp³-hybridized carbons (Fsp3) is 0.429. The van der Waals surface area contributed by atoms with E-state index in [2.05, 4.69) is 0 Å². The Bertz CT molecular complexity index is 559. The van der Waals surface area contributed by atoms with Crippen LogP contribution >= 0.6 is 7.82 Å². The van der Waals surface area contributed by atoms with Crippen LogP contribution in [-0.2, 0) is 18.1 Å². The van der Waals surface area contributed by atoms with E-state index in [1.54, 1.807) is 32.1 Å². The van der Waals surface area contributed by atoms with E-state index in [1.807, 2.05) is 6.92 Å². The van der Waals surface area contributed by atoms with Crippen LogP contribution < -0.4 is 0 Å². The Morgan fingerprint density at radius 3 is 2.18 bits per heavy atom. The maximum Gasteiger partial charge on any atom is 0.475 e. The number of hydrogen-bond acceptors (Lipinski definition) is 6. The van der Waals surface area contributed by atoms with Gasteiger partial charge in [-0.25, -0.2) is 4.57 Å². The second-order valence-electron chi connectivity index (χ2n) is 4.27. The molecule has 0 N–H and O–H groups in total. The van der Waals surface area contributed by atoms with Crippen LogP contribution in [-0.4, -0.2) is 24.7 Å². The highest BCUT2D eigenvalue weighted by molar-refractivity contribution is 7.48. The second kappa shape index (κ2) is 8.80. The lowest BCUT2D eigenvalue weighted by Crippen LogP contribution is -2.00. The van der Waals surface area contributed by atoms with Crippen molar-refractivity contribution in [2.45, 2.75) is 20.8 Å². The highest BCUT2D eigenvalue weighted by atomic mass is 31.2. The zero-order valence-corrected chi connectivity index (χ0v) is 13.7. The van der Waals surface area contributed by atoms with Gasteiger partial charge in [-0.3, -0.25) is 23.7 Å². The molecule has 0 saturated carbocycles. The van der Waals surface area contributed by atoms with Crippen LogP contribution in [0.4, 0.5) is 5.69 Å². The molecular formula is C14H20NO6P. The monoisotopic (exact) mass is 329 g/mol. The number of benzene rings is 1. The molecule has 22 heavy (non-hydrogen) atoms. The van der Waals surface area contributed by atoms with Crippen molar-refractivity contribution in [3.63, 3.8) is 0 Å². The van der Waals surface area contributed by atoms with Gasteiger partial charge in [-0.15, -0.1) is 0 Å². The first-order chi connectivity index (χ1) is 10.4. The molecule has 0 amide bonds. The summed E-state index contributed by atoms with van der Waals surface area (Å²) in [5.74, 6) is 0. The van der Waals surface area contributed by atoms with Crippen molar-refractivity contribution < 1.29 is 23.1 Å². The Morgan fingerprint density at radius 1 is 1.18 bits per heavy atom. The number of nitrogens with zero attached hydrogens (tertiary/aromatic N) is 1. The maximum absolute atomic E-state index is 12.1. The Balaban J connectivity index is 2.68. The van der Waals surface area contributed by atoms with Crippen molar-refractivity contribution in [2.75, 3.05) is 19.8 Å². The predicted molar refractivity (Wildman–Crippen MR) is 83.6 cm³/mol. The van der Waals surface area contributed by atoms with Crippen molar-refractivity contribution in [1.29, 1.82) is 0 Å². The van der Waals surface area contributed by atoms with E-state index in [0.717, 1.165) is 11.1 Å². The second-order valence-corrected chi connectivity index (χ2v) is 5.94.